The lowest BCUT2D eigenvalue weighted by Gasteiger charge is -2.35. The van der Waals surface area contributed by atoms with E-state index in [9.17, 15) is 4.79 Å². The van der Waals surface area contributed by atoms with Gasteiger partial charge >= 0.3 is 6.03 Å². The number of amides is 2. The first kappa shape index (κ1) is 24.4. The van der Waals surface area contributed by atoms with E-state index < -0.39 is 0 Å². The molecule has 4 nitrogen and oxygen atoms in total. The van der Waals surface area contributed by atoms with Crippen LogP contribution in [-0.4, -0.2) is 18.7 Å². The second-order valence-electron chi connectivity index (χ2n) is 10.4. The van der Waals surface area contributed by atoms with Gasteiger partial charge in [0.15, 0.2) is 0 Å². The van der Waals surface area contributed by atoms with Crippen molar-refractivity contribution >= 4 is 17.4 Å². The number of fused-ring (bicyclic) bond motifs is 1. The smallest absolute Gasteiger partial charge is 0.326 e. The lowest BCUT2D eigenvalue weighted by molar-refractivity contribution is 0.188. The molecule has 5 rings (SSSR count). The van der Waals surface area contributed by atoms with Crippen molar-refractivity contribution < 1.29 is 9.53 Å². The molecule has 188 valence electrons. The normalized spacial score (nSPS) is 21.4. The van der Waals surface area contributed by atoms with Crippen LogP contribution in [0.2, 0.25) is 0 Å². The van der Waals surface area contributed by atoms with Crippen LogP contribution in [0.15, 0.2) is 66.7 Å². The van der Waals surface area contributed by atoms with Crippen molar-refractivity contribution in [1.29, 1.82) is 0 Å². The Morgan fingerprint density at radius 1 is 0.917 bits per heavy atom. The number of benzene rings is 3. The van der Waals surface area contributed by atoms with E-state index in [1.807, 2.05) is 42.2 Å². The predicted octanol–water partition coefficient (Wildman–Crippen LogP) is 8.56. The maximum atomic E-state index is 13.3. The Kier molecular flexibility index (Phi) is 7.31. The molecule has 1 aliphatic heterocycles. The molecule has 36 heavy (non-hydrogen) atoms. The highest BCUT2D eigenvalue weighted by molar-refractivity contribution is 6.03. The average Bonchev–Trinajstić information content (AvgIpc) is 2.93. The summed E-state index contributed by atoms with van der Waals surface area (Å²) in [5.74, 6) is 2.38. The lowest BCUT2D eigenvalue weighted by atomic mass is 9.77. The van der Waals surface area contributed by atoms with Crippen molar-refractivity contribution in [3.63, 3.8) is 0 Å². The number of urea groups is 1. The number of carbonyl (C=O) groups excluding carboxylic acids is 1. The zero-order valence-corrected chi connectivity index (χ0v) is 21.8. The molecule has 1 saturated carbocycles. The number of hydrogen-bond donors (Lipinski definition) is 1. The Morgan fingerprint density at radius 3 is 2.33 bits per heavy atom. The van der Waals surface area contributed by atoms with Crippen LogP contribution in [0.25, 0.3) is 11.1 Å². The van der Waals surface area contributed by atoms with Crippen LogP contribution in [0.5, 0.6) is 5.75 Å². The molecule has 3 aromatic rings. The highest BCUT2D eigenvalue weighted by Gasteiger charge is 2.30. The number of nitrogens with one attached hydrogen (secondary N) is 1. The number of para-hydroxylation sites is 1. The summed E-state index contributed by atoms with van der Waals surface area (Å²) in [4.78, 5) is 15.1. The molecular formula is C32H38N2O2. The van der Waals surface area contributed by atoms with Crippen LogP contribution in [-0.2, 0) is 0 Å². The highest BCUT2D eigenvalue weighted by atomic mass is 16.5. The first-order chi connectivity index (χ1) is 17.6. The molecule has 4 heteroatoms. The Labute approximate surface area is 215 Å². The van der Waals surface area contributed by atoms with E-state index in [0.717, 1.165) is 40.6 Å². The van der Waals surface area contributed by atoms with Gasteiger partial charge in [0.25, 0.3) is 0 Å². The van der Waals surface area contributed by atoms with Gasteiger partial charge in [-0.3, -0.25) is 4.90 Å². The lowest BCUT2D eigenvalue weighted by Crippen LogP contribution is -2.45. The van der Waals surface area contributed by atoms with E-state index in [0.29, 0.717) is 12.5 Å². The van der Waals surface area contributed by atoms with Gasteiger partial charge in [-0.05, 0) is 91.3 Å². The molecular weight excluding hydrogens is 444 g/mol. The number of anilines is 2. The summed E-state index contributed by atoms with van der Waals surface area (Å²) in [5, 5.41) is 3.09. The Bertz CT molecular complexity index is 1200. The number of rotatable bonds is 5. The van der Waals surface area contributed by atoms with Crippen LogP contribution in [0.3, 0.4) is 0 Å². The van der Waals surface area contributed by atoms with Crippen molar-refractivity contribution in [2.45, 2.75) is 71.3 Å². The third-order valence-electron chi connectivity index (χ3n) is 8.16. The minimum Gasteiger partial charge on any atom is -0.486 e. The number of carbonyl (C=O) groups is 1. The molecule has 1 unspecified atom stereocenters. The van der Waals surface area contributed by atoms with Crippen molar-refractivity contribution in [1.82, 2.24) is 0 Å². The fourth-order valence-corrected chi connectivity index (χ4v) is 5.68. The maximum absolute atomic E-state index is 13.3. The number of hydrogen-bond acceptors (Lipinski definition) is 2. The Hall–Kier alpha value is -3.27. The molecule has 0 radical (unpaired) electrons. The third-order valence-corrected chi connectivity index (χ3v) is 8.16. The van der Waals surface area contributed by atoms with Crippen LogP contribution < -0.4 is 15.0 Å². The number of nitrogens with zero attached hydrogens (tertiary/aromatic N) is 1. The summed E-state index contributed by atoms with van der Waals surface area (Å²) in [6.45, 7) is 6.96. The molecule has 2 aliphatic rings. The first-order valence-electron chi connectivity index (χ1n) is 13.6. The molecule has 1 N–H and O–H groups in total. The van der Waals surface area contributed by atoms with Gasteiger partial charge in [0, 0.05) is 5.69 Å². The fraction of sp³-hybridized carbons (Fsp3) is 0.406. The Morgan fingerprint density at radius 2 is 1.64 bits per heavy atom. The highest BCUT2D eigenvalue weighted by Crippen LogP contribution is 2.40. The van der Waals surface area contributed by atoms with E-state index in [4.69, 9.17) is 4.74 Å². The first-order valence-corrected chi connectivity index (χ1v) is 13.6. The van der Waals surface area contributed by atoms with E-state index in [1.54, 1.807) is 0 Å². The number of ether oxygens (including phenoxy) is 1. The van der Waals surface area contributed by atoms with E-state index >= 15 is 0 Å². The minimum atomic E-state index is -0.123. The van der Waals surface area contributed by atoms with Crippen LogP contribution >= 0.6 is 0 Å². The standard InChI is InChI=1S/C32H38N2O2/c1-4-23-10-12-24(13-11-23)25-14-16-26(17-15-25)27-18-19-30-31(20-27)36-28(5-2)21-34(30)32(35)33-29-9-7-6-8-22(29)3/h6-9,14-20,23-24,28H,4-5,10-13,21H2,1-3H3,(H,33,35). The molecule has 0 saturated heterocycles. The third kappa shape index (κ3) is 5.13. The molecule has 0 spiro atoms. The molecule has 3 aromatic carbocycles. The largest absolute Gasteiger partial charge is 0.486 e. The second kappa shape index (κ2) is 10.8. The fourth-order valence-electron chi connectivity index (χ4n) is 5.68. The van der Waals surface area contributed by atoms with Gasteiger partial charge < -0.3 is 10.1 Å². The number of aryl methyl sites for hydroxylation is 1. The summed E-state index contributed by atoms with van der Waals surface area (Å²) in [6.07, 6.45) is 7.46. The molecule has 2 amide bonds. The average molecular weight is 483 g/mol. The van der Waals surface area contributed by atoms with Crippen molar-refractivity contribution in [2.24, 2.45) is 5.92 Å². The summed E-state index contributed by atoms with van der Waals surface area (Å²) in [6, 6.07) is 23.1. The molecule has 1 aliphatic carbocycles. The topological polar surface area (TPSA) is 41.6 Å². The van der Waals surface area contributed by atoms with E-state index in [2.05, 4.69) is 55.6 Å². The van der Waals surface area contributed by atoms with Gasteiger partial charge in [0.2, 0.25) is 0 Å². The predicted molar refractivity (Wildman–Crippen MR) is 149 cm³/mol. The molecule has 0 aromatic heterocycles. The van der Waals surface area contributed by atoms with Gasteiger partial charge in [-0.15, -0.1) is 0 Å². The second-order valence-corrected chi connectivity index (χ2v) is 10.4. The van der Waals surface area contributed by atoms with Gasteiger partial charge in [-0.1, -0.05) is 68.8 Å². The molecule has 0 bridgehead atoms. The van der Waals surface area contributed by atoms with Crippen LogP contribution in [0, 0.1) is 12.8 Å². The van der Waals surface area contributed by atoms with Crippen molar-refractivity contribution in [3.05, 3.63) is 77.9 Å². The zero-order valence-electron chi connectivity index (χ0n) is 21.8. The summed E-state index contributed by atoms with van der Waals surface area (Å²) < 4.78 is 6.32. The summed E-state index contributed by atoms with van der Waals surface area (Å²) in [7, 11) is 0. The van der Waals surface area contributed by atoms with Gasteiger partial charge in [-0.2, -0.15) is 0 Å². The SMILES string of the molecule is CCC1CCC(c2ccc(-c3ccc4c(c3)OC(CC)CN4C(=O)Nc3ccccc3C)cc2)CC1. The zero-order chi connectivity index (χ0) is 25.1. The van der Waals surface area contributed by atoms with Crippen molar-refractivity contribution in [2.75, 3.05) is 16.8 Å². The van der Waals surface area contributed by atoms with Gasteiger partial charge in [0.05, 0.1) is 12.2 Å². The van der Waals surface area contributed by atoms with Crippen LogP contribution in [0.1, 0.15) is 69.4 Å². The summed E-state index contributed by atoms with van der Waals surface area (Å²) in [5.41, 5.74) is 6.46. The van der Waals surface area contributed by atoms with Crippen LogP contribution in [0.4, 0.5) is 16.2 Å². The quantitative estimate of drug-likeness (QED) is 0.396. The van der Waals surface area contributed by atoms with Gasteiger partial charge in [-0.25, -0.2) is 4.79 Å². The van der Waals surface area contributed by atoms with Crippen molar-refractivity contribution in [3.8, 4) is 16.9 Å². The minimum absolute atomic E-state index is 0.0315. The molecule has 1 heterocycles. The molecule has 1 fully saturated rings. The summed E-state index contributed by atoms with van der Waals surface area (Å²) >= 11 is 0. The van der Waals surface area contributed by atoms with E-state index in [1.165, 1.54) is 43.2 Å². The monoisotopic (exact) mass is 482 g/mol. The maximum Gasteiger partial charge on any atom is 0.326 e. The van der Waals surface area contributed by atoms with E-state index in [-0.39, 0.29) is 12.1 Å². The van der Waals surface area contributed by atoms with Gasteiger partial charge in [0.1, 0.15) is 11.9 Å². The molecule has 1 atom stereocenters. The Balaban J connectivity index is 1.35.